The Hall–Kier alpha value is -1.86. The van der Waals surface area contributed by atoms with Gasteiger partial charge in [-0.1, -0.05) is 12.1 Å². The van der Waals surface area contributed by atoms with Crippen molar-refractivity contribution in [2.45, 2.75) is 24.8 Å². The lowest BCUT2D eigenvalue weighted by atomic mass is 10.3. The maximum Gasteiger partial charge on any atom is 0.240 e. The van der Waals surface area contributed by atoms with Crippen LogP contribution < -0.4 is 10.0 Å². The number of hydrogen-bond donors (Lipinski definition) is 2. The predicted molar refractivity (Wildman–Crippen MR) is 75.8 cm³/mol. The van der Waals surface area contributed by atoms with E-state index >= 15 is 0 Å². The minimum absolute atomic E-state index is 0.262. The van der Waals surface area contributed by atoms with Gasteiger partial charge in [-0.3, -0.25) is 0 Å². The van der Waals surface area contributed by atoms with E-state index in [0.717, 1.165) is 17.8 Å². The summed E-state index contributed by atoms with van der Waals surface area (Å²) in [5.74, 6) is 0. The van der Waals surface area contributed by atoms with Crippen molar-refractivity contribution in [3.8, 4) is 0 Å². The fourth-order valence-corrected chi connectivity index (χ4v) is 2.73. The minimum atomic E-state index is -3.40. The number of rotatable bonds is 7. The molecular formula is C13H17N3O3S. The van der Waals surface area contributed by atoms with E-state index in [9.17, 15) is 8.42 Å². The summed E-state index contributed by atoms with van der Waals surface area (Å²) in [5.41, 5.74) is 1.61. The van der Waals surface area contributed by atoms with Crippen LogP contribution in [-0.2, 0) is 16.6 Å². The molecule has 108 valence electrons. The Morgan fingerprint density at radius 1 is 1.20 bits per heavy atom. The maximum atomic E-state index is 11.9. The summed E-state index contributed by atoms with van der Waals surface area (Å²) in [6.45, 7) is 2.88. The van der Waals surface area contributed by atoms with Crippen molar-refractivity contribution in [3.05, 3.63) is 42.3 Å². The zero-order valence-corrected chi connectivity index (χ0v) is 12.0. The zero-order valence-electron chi connectivity index (χ0n) is 11.2. The van der Waals surface area contributed by atoms with Crippen molar-refractivity contribution in [2.75, 3.05) is 11.9 Å². The third-order valence-electron chi connectivity index (χ3n) is 2.67. The Labute approximate surface area is 118 Å². The molecule has 2 N–H and O–H groups in total. The van der Waals surface area contributed by atoms with Crippen LogP contribution in [0.5, 0.6) is 0 Å². The van der Waals surface area contributed by atoms with Crippen LogP contribution in [0.25, 0.3) is 0 Å². The summed E-state index contributed by atoms with van der Waals surface area (Å²) >= 11 is 0. The normalized spacial score (nSPS) is 11.4. The summed E-state index contributed by atoms with van der Waals surface area (Å²) in [4.78, 5) is 0.262. The summed E-state index contributed by atoms with van der Waals surface area (Å²) in [7, 11) is -3.40. The van der Waals surface area contributed by atoms with Gasteiger partial charge < -0.3 is 9.84 Å². The van der Waals surface area contributed by atoms with Crippen molar-refractivity contribution in [2.24, 2.45) is 0 Å². The van der Waals surface area contributed by atoms with E-state index < -0.39 is 10.0 Å². The van der Waals surface area contributed by atoms with Crippen LogP contribution in [0.2, 0.25) is 0 Å². The number of nitrogens with zero attached hydrogens (tertiary/aromatic N) is 1. The first-order chi connectivity index (χ1) is 9.62. The van der Waals surface area contributed by atoms with E-state index in [0.29, 0.717) is 13.1 Å². The van der Waals surface area contributed by atoms with Gasteiger partial charge in [0.2, 0.25) is 10.0 Å². The zero-order chi connectivity index (χ0) is 14.4. The highest BCUT2D eigenvalue weighted by Gasteiger charge is 2.12. The van der Waals surface area contributed by atoms with E-state index in [1.807, 2.05) is 6.92 Å². The van der Waals surface area contributed by atoms with Crippen molar-refractivity contribution < 1.29 is 12.9 Å². The SMILES string of the molecule is CCCNS(=O)(=O)c1ccc(NCc2ccon2)cc1. The molecule has 1 aromatic heterocycles. The summed E-state index contributed by atoms with van der Waals surface area (Å²) in [6.07, 6.45) is 2.27. The molecule has 0 aliphatic carbocycles. The Balaban J connectivity index is 1.99. The molecule has 0 amide bonds. The first-order valence-corrected chi connectivity index (χ1v) is 7.83. The summed E-state index contributed by atoms with van der Waals surface area (Å²) in [6, 6.07) is 8.36. The van der Waals surface area contributed by atoms with Gasteiger partial charge in [0, 0.05) is 18.3 Å². The van der Waals surface area contributed by atoms with Gasteiger partial charge in [0.05, 0.1) is 11.4 Å². The predicted octanol–water partition coefficient (Wildman–Crippen LogP) is 1.98. The molecule has 0 spiro atoms. The Bertz CT molecular complexity index is 621. The van der Waals surface area contributed by atoms with E-state index in [1.165, 1.54) is 6.26 Å². The van der Waals surface area contributed by atoms with Crippen LogP contribution in [0.4, 0.5) is 5.69 Å². The smallest absolute Gasteiger partial charge is 0.240 e. The molecule has 0 unspecified atom stereocenters. The molecule has 0 aliphatic heterocycles. The monoisotopic (exact) mass is 295 g/mol. The summed E-state index contributed by atoms with van der Waals surface area (Å²) in [5, 5.41) is 6.91. The molecule has 2 aromatic rings. The molecule has 7 heteroatoms. The maximum absolute atomic E-state index is 11.9. The molecule has 20 heavy (non-hydrogen) atoms. The standard InChI is InChI=1S/C13H17N3O3S/c1-2-8-15-20(17,18)13-5-3-11(4-6-13)14-10-12-7-9-19-16-12/h3-7,9,14-15H,2,8,10H2,1H3. The Kier molecular flexibility index (Phi) is 4.75. The van der Waals surface area contributed by atoms with Gasteiger partial charge >= 0.3 is 0 Å². The number of benzene rings is 1. The number of aromatic nitrogens is 1. The largest absolute Gasteiger partial charge is 0.379 e. The second-order valence-corrected chi connectivity index (χ2v) is 6.03. The number of nitrogens with one attached hydrogen (secondary N) is 2. The lowest BCUT2D eigenvalue weighted by Gasteiger charge is -2.07. The summed E-state index contributed by atoms with van der Waals surface area (Å²) < 4.78 is 31.0. The third kappa shape index (κ3) is 3.82. The van der Waals surface area contributed by atoms with E-state index in [4.69, 9.17) is 4.52 Å². The van der Waals surface area contributed by atoms with Gasteiger partial charge in [-0.25, -0.2) is 13.1 Å². The molecule has 6 nitrogen and oxygen atoms in total. The van der Waals surface area contributed by atoms with E-state index in [1.54, 1.807) is 30.3 Å². The Morgan fingerprint density at radius 3 is 2.55 bits per heavy atom. The molecular weight excluding hydrogens is 278 g/mol. The van der Waals surface area contributed by atoms with Gasteiger partial charge in [-0.15, -0.1) is 0 Å². The highest BCUT2D eigenvalue weighted by Crippen LogP contribution is 2.14. The van der Waals surface area contributed by atoms with Crippen LogP contribution in [-0.4, -0.2) is 20.1 Å². The first-order valence-electron chi connectivity index (χ1n) is 6.34. The van der Waals surface area contributed by atoms with Crippen LogP contribution in [0.3, 0.4) is 0 Å². The molecule has 0 saturated carbocycles. The van der Waals surface area contributed by atoms with Crippen LogP contribution >= 0.6 is 0 Å². The number of sulfonamides is 1. The topological polar surface area (TPSA) is 84.2 Å². The number of hydrogen-bond acceptors (Lipinski definition) is 5. The number of anilines is 1. The van der Waals surface area contributed by atoms with Crippen LogP contribution in [0.1, 0.15) is 19.0 Å². The van der Waals surface area contributed by atoms with Gasteiger partial charge in [0.1, 0.15) is 12.0 Å². The molecule has 0 saturated heterocycles. The van der Waals surface area contributed by atoms with Gasteiger partial charge in [-0.05, 0) is 30.7 Å². The van der Waals surface area contributed by atoms with Crippen molar-refractivity contribution >= 4 is 15.7 Å². The molecule has 0 radical (unpaired) electrons. The second-order valence-electron chi connectivity index (χ2n) is 4.27. The highest BCUT2D eigenvalue weighted by atomic mass is 32.2. The van der Waals surface area contributed by atoms with Crippen molar-refractivity contribution in [1.29, 1.82) is 0 Å². The van der Waals surface area contributed by atoms with Crippen LogP contribution in [0, 0.1) is 0 Å². The average molecular weight is 295 g/mol. The van der Waals surface area contributed by atoms with Crippen LogP contribution in [0.15, 0.2) is 46.0 Å². The van der Waals surface area contributed by atoms with Gasteiger partial charge in [0.25, 0.3) is 0 Å². The minimum Gasteiger partial charge on any atom is -0.379 e. The molecule has 2 rings (SSSR count). The van der Waals surface area contributed by atoms with E-state index in [-0.39, 0.29) is 4.90 Å². The highest BCUT2D eigenvalue weighted by molar-refractivity contribution is 7.89. The molecule has 0 fully saturated rings. The second kappa shape index (κ2) is 6.53. The van der Waals surface area contributed by atoms with Crippen molar-refractivity contribution in [3.63, 3.8) is 0 Å². The average Bonchev–Trinajstić information content (AvgIpc) is 2.97. The molecule has 0 bridgehead atoms. The quantitative estimate of drug-likeness (QED) is 0.816. The van der Waals surface area contributed by atoms with E-state index in [2.05, 4.69) is 15.2 Å². The fraction of sp³-hybridized carbons (Fsp3) is 0.308. The van der Waals surface area contributed by atoms with Gasteiger partial charge in [0.15, 0.2) is 0 Å². The molecule has 1 aromatic carbocycles. The Morgan fingerprint density at radius 2 is 1.95 bits per heavy atom. The lowest BCUT2D eigenvalue weighted by Crippen LogP contribution is -2.24. The van der Waals surface area contributed by atoms with Gasteiger partial charge in [-0.2, -0.15) is 0 Å². The van der Waals surface area contributed by atoms with Crippen molar-refractivity contribution in [1.82, 2.24) is 9.88 Å². The lowest BCUT2D eigenvalue weighted by molar-refractivity contribution is 0.412. The third-order valence-corrected chi connectivity index (χ3v) is 4.15. The molecule has 0 atom stereocenters. The molecule has 1 heterocycles. The first kappa shape index (κ1) is 14.5. The fourth-order valence-electron chi connectivity index (χ4n) is 1.59. The molecule has 0 aliphatic rings.